The molecule has 0 aliphatic heterocycles. The largest absolute Gasteiger partial charge is 0.507 e. The third kappa shape index (κ3) is 1.90. The zero-order valence-electron chi connectivity index (χ0n) is 10.1. The van der Waals surface area contributed by atoms with Gasteiger partial charge in [-0.2, -0.15) is 0 Å². The molecular weight excluding hydrogens is 311 g/mol. The summed E-state index contributed by atoms with van der Waals surface area (Å²) in [6.07, 6.45) is 0. The van der Waals surface area contributed by atoms with E-state index in [0.29, 0.717) is 22.4 Å². The highest BCUT2D eigenvalue weighted by Gasteiger charge is 2.15. The second-order valence-electron chi connectivity index (χ2n) is 4.26. The number of para-hydroxylation sites is 1. The number of nitrogens with zero attached hydrogens (tertiary/aromatic N) is 2. The molecule has 1 aromatic heterocycles. The lowest BCUT2D eigenvalue weighted by molar-refractivity contribution is 0.476. The molecule has 0 atom stereocenters. The van der Waals surface area contributed by atoms with Crippen molar-refractivity contribution in [2.24, 2.45) is 7.05 Å². The fourth-order valence-electron chi connectivity index (χ4n) is 2.12. The van der Waals surface area contributed by atoms with Gasteiger partial charge in [0.1, 0.15) is 17.1 Å². The number of aromatic nitrogens is 2. The molecule has 19 heavy (non-hydrogen) atoms. The fourth-order valence-corrected chi connectivity index (χ4v) is 2.46. The van der Waals surface area contributed by atoms with Crippen molar-refractivity contribution >= 4 is 27.0 Å². The summed E-state index contributed by atoms with van der Waals surface area (Å²) < 4.78 is 16.3. The molecule has 0 bridgehead atoms. The summed E-state index contributed by atoms with van der Waals surface area (Å²) in [5.74, 6) is 0.272. The van der Waals surface area contributed by atoms with Gasteiger partial charge in [-0.3, -0.25) is 0 Å². The molecule has 0 fully saturated rings. The van der Waals surface area contributed by atoms with Gasteiger partial charge in [0.05, 0.1) is 11.1 Å². The van der Waals surface area contributed by atoms with Crippen LogP contribution in [0, 0.1) is 5.82 Å². The second kappa shape index (κ2) is 4.35. The number of phenolic OH excluding ortho intramolecular Hbond substituents is 1. The van der Waals surface area contributed by atoms with Gasteiger partial charge < -0.3 is 9.67 Å². The molecule has 0 radical (unpaired) electrons. The van der Waals surface area contributed by atoms with Gasteiger partial charge >= 0.3 is 0 Å². The summed E-state index contributed by atoms with van der Waals surface area (Å²) in [6, 6.07) is 9.96. The molecular formula is C14H10BrFN2O. The summed E-state index contributed by atoms with van der Waals surface area (Å²) in [4.78, 5) is 4.29. The number of aryl methyl sites for hydroxylation is 1. The molecule has 2 aromatic carbocycles. The van der Waals surface area contributed by atoms with E-state index < -0.39 is 0 Å². The molecule has 5 heteroatoms. The molecule has 0 saturated heterocycles. The van der Waals surface area contributed by atoms with E-state index in [1.165, 1.54) is 6.07 Å². The van der Waals surface area contributed by atoms with E-state index in [2.05, 4.69) is 20.9 Å². The first-order valence-electron chi connectivity index (χ1n) is 5.68. The Bertz CT molecular complexity index is 782. The van der Waals surface area contributed by atoms with Crippen LogP contribution in [0.25, 0.3) is 22.4 Å². The first-order chi connectivity index (χ1) is 9.08. The maximum Gasteiger partial charge on any atom is 0.151 e. The van der Waals surface area contributed by atoms with Crippen molar-refractivity contribution in [1.82, 2.24) is 9.55 Å². The Kier molecular flexibility index (Phi) is 2.78. The molecule has 96 valence electrons. The van der Waals surface area contributed by atoms with Crippen LogP contribution in [0.1, 0.15) is 0 Å². The van der Waals surface area contributed by atoms with Gasteiger partial charge in [-0.05, 0) is 30.3 Å². The Morgan fingerprint density at radius 1 is 1.26 bits per heavy atom. The SMILES string of the molecule is Cn1c(-c2ccc(Br)cc2O)nc2c(F)cccc21. The number of hydrogen-bond acceptors (Lipinski definition) is 2. The number of phenols is 1. The zero-order valence-corrected chi connectivity index (χ0v) is 11.6. The smallest absolute Gasteiger partial charge is 0.151 e. The molecule has 1 N–H and O–H groups in total. The zero-order chi connectivity index (χ0) is 13.6. The summed E-state index contributed by atoms with van der Waals surface area (Å²) in [5.41, 5.74) is 1.57. The van der Waals surface area contributed by atoms with E-state index in [-0.39, 0.29) is 11.6 Å². The van der Waals surface area contributed by atoms with Gasteiger partial charge in [0.2, 0.25) is 0 Å². The predicted octanol–water partition coefficient (Wildman–Crippen LogP) is 3.85. The van der Waals surface area contributed by atoms with Crippen molar-refractivity contribution in [3.8, 4) is 17.1 Å². The van der Waals surface area contributed by atoms with Gasteiger partial charge in [0.15, 0.2) is 5.82 Å². The van der Waals surface area contributed by atoms with E-state index in [0.717, 1.165) is 4.47 Å². The van der Waals surface area contributed by atoms with Crippen molar-refractivity contribution in [2.45, 2.75) is 0 Å². The van der Waals surface area contributed by atoms with Crippen LogP contribution in [0.5, 0.6) is 5.75 Å². The maximum absolute atomic E-state index is 13.7. The number of benzene rings is 2. The maximum atomic E-state index is 13.7. The second-order valence-corrected chi connectivity index (χ2v) is 5.18. The van der Waals surface area contributed by atoms with Crippen LogP contribution in [-0.4, -0.2) is 14.7 Å². The van der Waals surface area contributed by atoms with E-state index in [9.17, 15) is 9.50 Å². The molecule has 0 aliphatic carbocycles. The monoisotopic (exact) mass is 320 g/mol. The highest BCUT2D eigenvalue weighted by atomic mass is 79.9. The van der Waals surface area contributed by atoms with Gasteiger partial charge in [0, 0.05) is 11.5 Å². The minimum atomic E-state index is -0.365. The Labute approximate surface area is 117 Å². The van der Waals surface area contributed by atoms with Crippen LogP contribution in [0.2, 0.25) is 0 Å². The van der Waals surface area contributed by atoms with E-state index in [4.69, 9.17) is 0 Å². The standard InChI is InChI=1S/C14H10BrFN2O/c1-18-11-4-2-3-10(16)13(11)17-14(18)9-6-5-8(15)7-12(9)19/h2-7,19H,1H3. The molecule has 3 nitrogen and oxygen atoms in total. The first kappa shape index (κ1) is 12.2. The Morgan fingerprint density at radius 3 is 2.74 bits per heavy atom. The van der Waals surface area contributed by atoms with Crippen LogP contribution < -0.4 is 0 Å². The molecule has 3 aromatic rings. The van der Waals surface area contributed by atoms with Crippen LogP contribution in [0.4, 0.5) is 4.39 Å². The normalized spacial score (nSPS) is 11.1. The Hall–Kier alpha value is -1.88. The van der Waals surface area contributed by atoms with E-state index >= 15 is 0 Å². The first-order valence-corrected chi connectivity index (χ1v) is 6.47. The molecule has 0 unspecified atom stereocenters. The van der Waals surface area contributed by atoms with Crippen LogP contribution in [-0.2, 0) is 7.05 Å². The van der Waals surface area contributed by atoms with Gasteiger partial charge in [-0.25, -0.2) is 9.37 Å². The summed E-state index contributed by atoms with van der Waals surface area (Å²) in [7, 11) is 1.80. The molecule has 0 amide bonds. The highest BCUT2D eigenvalue weighted by molar-refractivity contribution is 9.10. The van der Waals surface area contributed by atoms with Crippen LogP contribution in [0.15, 0.2) is 40.9 Å². The van der Waals surface area contributed by atoms with Crippen molar-refractivity contribution < 1.29 is 9.50 Å². The molecule has 0 aliphatic rings. The molecule has 0 spiro atoms. The molecule has 3 rings (SSSR count). The summed E-state index contributed by atoms with van der Waals surface area (Å²) >= 11 is 3.29. The number of rotatable bonds is 1. The number of hydrogen-bond donors (Lipinski definition) is 1. The van der Waals surface area contributed by atoms with Crippen molar-refractivity contribution in [2.75, 3.05) is 0 Å². The minimum Gasteiger partial charge on any atom is -0.507 e. The van der Waals surface area contributed by atoms with Crippen LogP contribution in [0.3, 0.4) is 0 Å². The van der Waals surface area contributed by atoms with E-state index in [1.54, 1.807) is 35.9 Å². The number of imidazole rings is 1. The highest BCUT2D eigenvalue weighted by Crippen LogP contribution is 2.33. The Balaban J connectivity index is 2.31. The van der Waals surface area contributed by atoms with Gasteiger partial charge in [0.25, 0.3) is 0 Å². The van der Waals surface area contributed by atoms with Crippen molar-refractivity contribution in [3.05, 3.63) is 46.7 Å². The average Bonchev–Trinajstić information content (AvgIpc) is 2.69. The predicted molar refractivity (Wildman–Crippen MR) is 75.5 cm³/mol. The summed E-state index contributed by atoms with van der Waals surface area (Å²) in [5, 5.41) is 9.99. The Morgan fingerprint density at radius 2 is 2.05 bits per heavy atom. The third-order valence-electron chi connectivity index (χ3n) is 3.06. The molecule has 0 saturated carbocycles. The third-order valence-corrected chi connectivity index (χ3v) is 3.56. The number of aromatic hydroxyl groups is 1. The lowest BCUT2D eigenvalue weighted by atomic mass is 10.2. The fraction of sp³-hybridized carbons (Fsp3) is 0.0714. The van der Waals surface area contributed by atoms with Crippen LogP contribution >= 0.6 is 15.9 Å². The topological polar surface area (TPSA) is 38.0 Å². The van der Waals surface area contributed by atoms with Crippen molar-refractivity contribution in [1.29, 1.82) is 0 Å². The summed E-state index contributed by atoms with van der Waals surface area (Å²) in [6.45, 7) is 0. The van der Waals surface area contributed by atoms with Crippen molar-refractivity contribution in [3.63, 3.8) is 0 Å². The average molecular weight is 321 g/mol. The minimum absolute atomic E-state index is 0.105. The number of fused-ring (bicyclic) bond motifs is 1. The van der Waals surface area contributed by atoms with Gasteiger partial charge in [-0.1, -0.05) is 22.0 Å². The van der Waals surface area contributed by atoms with E-state index in [1.807, 2.05) is 6.07 Å². The lowest BCUT2D eigenvalue weighted by Gasteiger charge is -2.05. The van der Waals surface area contributed by atoms with Gasteiger partial charge in [-0.15, -0.1) is 0 Å². The number of halogens is 2. The lowest BCUT2D eigenvalue weighted by Crippen LogP contribution is -1.92. The molecule has 1 heterocycles. The quantitative estimate of drug-likeness (QED) is 0.739.